The van der Waals surface area contributed by atoms with Crippen molar-refractivity contribution in [3.63, 3.8) is 0 Å². The van der Waals surface area contributed by atoms with Gasteiger partial charge in [-0.1, -0.05) is 47.1 Å². The Bertz CT molecular complexity index is 1070. The van der Waals surface area contributed by atoms with E-state index in [1.165, 1.54) is 7.11 Å². The van der Waals surface area contributed by atoms with E-state index in [1.54, 1.807) is 6.07 Å². The summed E-state index contributed by atoms with van der Waals surface area (Å²) in [5.74, 6) is -0.0160. The van der Waals surface area contributed by atoms with Crippen molar-refractivity contribution in [3.05, 3.63) is 69.3 Å². The van der Waals surface area contributed by atoms with Crippen LogP contribution in [0.3, 0.4) is 0 Å². The van der Waals surface area contributed by atoms with Gasteiger partial charge in [0.25, 0.3) is 0 Å². The lowest BCUT2D eigenvalue weighted by Crippen LogP contribution is -2.20. The predicted molar refractivity (Wildman–Crippen MR) is 108 cm³/mol. The summed E-state index contributed by atoms with van der Waals surface area (Å²) in [5, 5.41) is 0.725. The van der Waals surface area contributed by atoms with Crippen LogP contribution in [0.5, 0.6) is 0 Å². The number of ketones is 1. The lowest BCUT2D eigenvalue weighted by molar-refractivity contribution is 0.0603. The number of fused-ring (bicyclic) bond motifs is 3. The van der Waals surface area contributed by atoms with Crippen LogP contribution in [0.25, 0.3) is 10.9 Å². The minimum atomic E-state index is -0.409. The third kappa shape index (κ3) is 3.00. The molecule has 4 nitrogen and oxygen atoms in total. The van der Waals surface area contributed by atoms with Gasteiger partial charge in [-0.05, 0) is 36.1 Å². The fourth-order valence-electron chi connectivity index (χ4n) is 4.04. The van der Waals surface area contributed by atoms with Crippen LogP contribution in [-0.2, 0) is 17.7 Å². The smallest absolute Gasteiger partial charge is 0.338 e. The molecule has 0 N–H and O–H groups in total. The van der Waals surface area contributed by atoms with Gasteiger partial charge in [0.2, 0.25) is 0 Å². The molecule has 1 aliphatic rings. The largest absolute Gasteiger partial charge is 0.465 e. The second-order valence-corrected chi connectivity index (χ2v) is 7.98. The predicted octanol–water partition coefficient (Wildman–Crippen LogP) is 5.00. The molecule has 1 aliphatic carbocycles. The highest BCUT2D eigenvalue weighted by atomic mass is 79.9. The Hall–Kier alpha value is -2.40. The lowest BCUT2D eigenvalue weighted by Gasteiger charge is -2.20. The highest BCUT2D eigenvalue weighted by Crippen LogP contribution is 2.37. The SMILES string of the molecule is COC(=O)c1cccc2c1c1c(n2Cc2ccccc2Br)CC(C)CC1=O. The van der Waals surface area contributed by atoms with E-state index in [2.05, 4.69) is 33.5 Å². The minimum Gasteiger partial charge on any atom is -0.465 e. The number of benzene rings is 2. The van der Waals surface area contributed by atoms with Crippen molar-refractivity contribution in [3.8, 4) is 0 Å². The molecular formula is C22H20BrNO3. The Morgan fingerprint density at radius 2 is 1.96 bits per heavy atom. The summed E-state index contributed by atoms with van der Waals surface area (Å²) in [5.41, 5.74) is 4.20. The third-order valence-electron chi connectivity index (χ3n) is 5.24. The molecule has 0 fully saturated rings. The Balaban J connectivity index is 2.01. The first kappa shape index (κ1) is 18.0. The van der Waals surface area contributed by atoms with E-state index in [1.807, 2.05) is 30.3 Å². The van der Waals surface area contributed by atoms with Crippen LogP contribution in [-0.4, -0.2) is 23.4 Å². The summed E-state index contributed by atoms with van der Waals surface area (Å²) in [6.07, 6.45) is 1.33. The average molecular weight is 426 g/mol. The van der Waals surface area contributed by atoms with Crippen LogP contribution in [0, 0.1) is 5.92 Å². The highest BCUT2D eigenvalue weighted by Gasteiger charge is 2.31. The number of ether oxygens (including phenoxy) is 1. The Morgan fingerprint density at radius 3 is 2.70 bits per heavy atom. The van der Waals surface area contributed by atoms with E-state index in [0.717, 1.165) is 33.1 Å². The standard InChI is InChI=1S/C22H20BrNO3/c1-13-10-18-21(19(25)11-13)20-15(22(26)27-2)7-5-9-17(20)24(18)12-14-6-3-4-8-16(14)23/h3-9,13H,10-12H2,1-2H3. The molecule has 0 aliphatic heterocycles. The second kappa shape index (κ2) is 6.97. The molecule has 0 spiro atoms. The number of methoxy groups -OCH3 is 1. The molecule has 4 rings (SSSR count). The highest BCUT2D eigenvalue weighted by molar-refractivity contribution is 9.10. The summed E-state index contributed by atoms with van der Waals surface area (Å²) in [7, 11) is 1.37. The lowest BCUT2D eigenvalue weighted by atomic mass is 9.86. The number of nitrogens with zero attached hydrogens (tertiary/aromatic N) is 1. The van der Waals surface area contributed by atoms with Gasteiger partial charge in [0.05, 0.1) is 18.2 Å². The molecule has 1 atom stereocenters. The van der Waals surface area contributed by atoms with Gasteiger partial charge in [-0.15, -0.1) is 0 Å². The fourth-order valence-corrected chi connectivity index (χ4v) is 4.45. The summed E-state index contributed by atoms with van der Waals surface area (Å²) in [4.78, 5) is 25.3. The van der Waals surface area contributed by atoms with Crippen LogP contribution >= 0.6 is 15.9 Å². The van der Waals surface area contributed by atoms with Gasteiger partial charge in [-0.3, -0.25) is 4.79 Å². The number of Topliss-reactive ketones (excluding diaryl/α,β-unsaturated/α-hetero) is 1. The average Bonchev–Trinajstić information content (AvgIpc) is 2.96. The molecule has 0 amide bonds. The van der Waals surface area contributed by atoms with Crippen molar-refractivity contribution in [1.82, 2.24) is 4.57 Å². The quantitative estimate of drug-likeness (QED) is 0.554. The van der Waals surface area contributed by atoms with Crippen LogP contribution in [0.15, 0.2) is 46.9 Å². The number of esters is 1. The maximum Gasteiger partial charge on any atom is 0.338 e. The molecule has 0 bridgehead atoms. The van der Waals surface area contributed by atoms with E-state index in [-0.39, 0.29) is 11.7 Å². The number of carbonyl (C=O) groups excluding carboxylic acids is 2. The first-order valence-corrected chi connectivity index (χ1v) is 9.79. The molecule has 5 heteroatoms. The van der Waals surface area contributed by atoms with Gasteiger partial charge in [0, 0.05) is 34.1 Å². The molecule has 3 aromatic rings. The Morgan fingerprint density at radius 1 is 1.19 bits per heavy atom. The van der Waals surface area contributed by atoms with Crippen LogP contribution in [0.1, 0.15) is 45.3 Å². The monoisotopic (exact) mass is 425 g/mol. The summed E-state index contributed by atoms with van der Waals surface area (Å²) in [6, 6.07) is 13.6. The molecule has 1 aromatic heterocycles. The van der Waals surface area contributed by atoms with Crippen LogP contribution in [0.2, 0.25) is 0 Å². The molecule has 1 heterocycles. The van der Waals surface area contributed by atoms with Crippen molar-refractivity contribution < 1.29 is 14.3 Å². The first-order chi connectivity index (χ1) is 13.0. The van der Waals surface area contributed by atoms with Gasteiger partial charge in [-0.2, -0.15) is 0 Å². The van der Waals surface area contributed by atoms with E-state index in [9.17, 15) is 9.59 Å². The van der Waals surface area contributed by atoms with Crippen molar-refractivity contribution in [1.29, 1.82) is 0 Å². The second-order valence-electron chi connectivity index (χ2n) is 7.13. The van der Waals surface area contributed by atoms with E-state index >= 15 is 0 Å². The number of halogens is 1. The minimum absolute atomic E-state index is 0.107. The molecule has 0 saturated carbocycles. The van der Waals surface area contributed by atoms with Gasteiger partial charge in [-0.25, -0.2) is 4.79 Å². The number of hydrogen-bond acceptors (Lipinski definition) is 3. The van der Waals surface area contributed by atoms with Crippen molar-refractivity contribution in [2.24, 2.45) is 5.92 Å². The first-order valence-electron chi connectivity index (χ1n) is 9.00. The summed E-state index contributed by atoms with van der Waals surface area (Å²) in [6.45, 7) is 2.74. The Labute approximate surface area is 166 Å². The zero-order valence-corrected chi connectivity index (χ0v) is 16.9. The molecular weight excluding hydrogens is 406 g/mol. The maximum absolute atomic E-state index is 12.9. The molecule has 1 unspecified atom stereocenters. The van der Waals surface area contributed by atoms with Crippen LogP contribution in [0.4, 0.5) is 0 Å². The van der Waals surface area contributed by atoms with Gasteiger partial charge >= 0.3 is 5.97 Å². The Kier molecular flexibility index (Phi) is 4.64. The van der Waals surface area contributed by atoms with Crippen molar-refractivity contribution in [2.45, 2.75) is 26.3 Å². The molecule has 27 heavy (non-hydrogen) atoms. The number of rotatable bonds is 3. The molecule has 138 valence electrons. The zero-order valence-electron chi connectivity index (χ0n) is 15.3. The number of hydrogen-bond donors (Lipinski definition) is 0. The fraction of sp³-hybridized carbons (Fsp3) is 0.273. The molecule has 2 aromatic carbocycles. The van der Waals surface area contributed by atoms with Crippen molar-refractivity contribution in [2.75, 3.05) is 7.11 Å². The van der Waals surface area contributed by atoms with Crippen LogP contribution < -0.4 is 0 Å². The molecule has 0 saturated heterocycles. The normalized spacial score (nSPS) is 16.4. The van der Waals surface area contributed by atoms with Gasteiger partial charge in [0.15, 0.2) is 5.78 Å². The summed E-state index contributed by atoms with van der Waals surface area (Å²) >= 11 is 3.62. The number of aromatic nitrogens is 1. The van der Waals surface area contributed by atoms with E-state index in [4.69, 9.17) is 4.74 Å². The van der Waals surface area contributed by atoms with E-state index in [0.29, 0.717) is 24.1 Å². The zero-order chi connectivity index (χ0) is 19.1. The van der Waals surface area contributed by atoms with Crippen molar-refractivity contribution >= 4 is 38.6 Å². The topological polar surface area (TPSA) is 48.3 Å². The van der Waals surface area contributed by atoms with Gasteiger partial charge < -0.3 is 9.30 Å². The van der Waals surface area contributed by atoms with Gasteiger partial charge in [0.1, 0.15) is 0 Å². The number of carbonyl (C=O) groups is 2. The van der Waals surface area contributed by atoms with E-state index < -0.39 is 5.97 Å². The maximum atomic E-state index is 12.9. The molecule has 0 radical (unpaired) electrons. The summed E-state index contributed by atoms with van der Waals surface area (Å²) < 4.78 is 8.18. The third-order valence-corrected chi connectivity index (χ3v) is 6.02.